The maximum Gasteiger partial charge on any atom is 0.254 e. The Kier molecular flexibility index (Phi) is 3.60. The van der Waals surface area contributed by atoms with Gasteiger partial charge in [0.2, 0.25) is 5.91 Å². The van der Waals surface area contributed by atoms with E-state index in [1.54, 1.807) is 6.92 Å². The highest BCUT2D eigenvalue weighted by Gasteiger charge is 2.21. The molecular weight excluding hydrogens is 235 g/mol. The fraction of sp³-hybridized carbons (Fsp3) is 0.385. The van der Waals surface area contributed by atoms with Crippen molar-refractivity contribution < 1.29 is 14.0 Å². The first-order valence-electron chi connectivity index (χ1n) is 5.90. The molecule has 5 heteroatoms. The average Bonchev–Trinajstić information content (AvgIpc) is 2.56. The van der Waals surface area contributed by atoms with Crippen LogP contribution in [0.15, 0.2) is 18.2 Å². The minimum absolute atomic E-state index is 0.0647. The van der Waals surface area contributed by atoms with Gasteiger partial charge in [-0.2, -0.15) is 0 Å². The van der Waals surface area contributed by atoms with Gasteiger partial charge < -0.3 is 10.2 Å². The van der Waals surface area contributed by atoms with Crippen LogP contribution in [0.1, 0.15) is 22.3 Å². The van der Waals surface area contributed by atoms with Gasteiger partial charge in [-0.1, -0.05) is 0 Å². The standard InChI is InChI=1S/C13H15FN2O2/c1-9-7-10(3-4-11(9)14)13(18)16-6-2-5-15-12(17)8-16/h3-4,7H,2,5-6,8H2,1H3,(H,15,17). The number of carbonyl (C=O) groups is 2. The second-order valence-electron chi connectivity index (χ2n) is 4.39. The van der Waals surface area contributed by atoms with Gasteiger partial charge >= 0.3 is 0 Å². The molecule has 0 radical (unpaired) electrons. The summed E-state index contributed by atoms with van der Waals surface area (Å²) >= 11 is 0. The molecule has 2 rings (SSSR count). The zero-order valence-electron chi connectivity index (χ0n) is 10.2. The highest BCUT2D eigenvalue weighted by molar-refractivity contribution is 5.96. The summed E-state index contributed by atoms with van der Waals surface area (Å²) in [6.45, 7) is 2.80. The zero-order chi connectivity index (χ0) is 13.1. The van der Waals surface area contributed by atoms with Gasteiger partial charge in [0.25, 0.3) is 5.91 Å². The third kappa shape index (κ3) is 2.67. The molecule has 4 nitrogen and oxygen atoms in total. The summed E-state index contributed by atoms with van der Waals surface area (Å²) in [4.78, 5) is 25.1. The van der Waals surface area contributed by atoms with Gasteiger partial charge in [0, 0.05) is 18.7 Å². The number of rotatable bonds is 1. The van der Waals surface area contributed by atoms with Crippen LogP contribution in [0.25, 0.3) is 0 Å². The Balaban J connectivity index is 2.19. The highest BCUT2D eigenvalue weighted by atomic mass is 19.1. The lowest BCUT2D eigenvalue weighted by atomic mass is 10.1. The predicted octanol–water partition coefficient (Wildman–Crippen LogP) is 1.10. The van der Waals surface area contributed by atoms with Gasteiger partial charge in [-0.05, 0) is 37.1 Å². The van der Waals surface area contributed by atoms with Crippen LogP contribution in [0.3, 0.4) is 0 Å². The third-order valence-electron chi connectivity index (χ3n) is 2.95. The molecule has 2 amide bonds. The van der Waals surface area contributed by atoms with Crippen LogP contribution in [-0.4, -0.2) is 36.3 Å². The van der Waals surface area contributed by atoms with Gasteiger partial charge in [0.05, 0.1) is 6.54 Å². The molecule has 0 bridgehead atoms. The number of hydrogen-bond acceptors (Lipinski definition) is 2. The van der Waals surface area contributed by atoms with Crippen molar-refractivity contribution >= 4 is 11.8 Å². The molecule has 1 aromatic carbocycles. The van der Waals surface area contributed by atoms with E-state index in [0.717, 1.165) is 6.42 Å². The summed E-state index contributed by atoms with van der Waals surface area (Å²) in [5.41, 5.74) is 0.851. The topological polar surface area (TPSA) is 49.4 Å². The van der Waals surface area contributed by atoms with E-state index in [0.29, 0.717) is 24.2 Å². The Morgan fingerprint density at radius 1 is 1.44 bits per heavy atom. The Labute approximate surface area is 105 Å². The maximum absolute atomic E-state index is 13.1. The molecule has 1 N–H and O–H groups in total. The van der Waals surface area contributed by atoms with E-state index in [9.17, 15) is 14.0 Å². The number of halogens is 1. The number of benzene rings is 1. The fourth-order valence-electron chi connectivity index (χ4n) is 1.94. The monoisotopic (exact) mass is 250 g/mol. The smallest absolute Gasteiger partial charge is 0.254 e. The van der Waals surface area contributed by atoms with Crippen molar-refractivity contribution in [3.05, 3.63) is 35.1 Å². The maximum atomic E-state index is 13.1. The van der Waals surface area contributed by atoms with Gasteiger partial charge in [-0.15, -0.1) is 0 Å². The van der Waals surface area contributed by atoms with Crippen LogP contribution >= 0.6 is 0 Å². The van der Waals surface area contributed by atoms with Gasteiger partial charge in [-0.3, -0.25) is 9.59 Å². The van der Waals surface area contributed by atoms with E-state index in [1.807, 2.05) is 0 Å². The number of nitrogens with one attached hydrogen (secondary N) is 1. The van der Waals surface area contributed by atoms with Crippen molar-refractivity contribution in [3.63, 3.8) is 0 Å². The lowest BCUT2D eigenvalue weighted by Crippen LogP contribution is -2.37. The molecule has 1 saturated heterocycles. The van der Waals surface area contributed by atoms with E-state index < -0.39 is 0 Å². The first-order chi connectivity index (χ1) is 8.58. The molecule has 0 spiro atoms. The van der Waals surface area contributed by atoms with E-state index in [-0.39, 0.29) is 24.2 Å². The molecule has 96 valence electrons. The van der Waals surface area contributed by atoms with E-state index in [2.05, 4.69) is 5.32 Å². The van der Waals surface area contributed by atoms with E-state index >= 15 is 0 Å². The fourth-order valence-corrected chi connectivity index (χ4v) is 1.94. The summed E-state index contributed by atoms with van der Waals surface area (Å²) in [5, 5.41) is 2.71. The molecule has 1 aromatic rings. The largest absolute Gasteiger partial charge is 0.354 e. The minimum Gasteiger partial charge on any atom is -0.354 e. The van der Waals surface area contributed by atoms with Gasteiger partial charge in [0.1, 0.15) is 5.82 Å². The third-order valence-corrected chi connectivity index (χ3v) is 2.95. The van der Waals surface area contributed by atoms with Crippen LogP contribution in [-0.2, 0) is 4.79 Å². The van der Waals surface area contributed by atoms with Gasteiger partial charge in [0.15, 0.2) is 0 Å². The van der Waals surface area contributed by atoms with E-state index in [1.165, 1.54) is 23.1 Å². The summed E-state index contributed by atoms with van der Waals surface area (Å²) in [5.74, 6) is -0.713. The number of nitrogens with zero attached hydrogens (tertiary/aromatic N) is 1. The van der Waals surface area contributed by atoms with Crippen molar-refractivity contribution in [2.45, 2.75) is 13.3 Å². The average molecular weight is 250 g/mol. The van der Waals surface area contributed by atoms with Crippen LogP contribution in [0, 0.1) is 12.7 Å². The van der Waals surface area contributed by atoms with Crippen molar-refractivity contribution in [2.75, 3.05) is 19.6 Å². The lowest BCUT2D eigenvalue weighted by Gasteiger charge is -2.19. The molecule has 1 aliphatic heterocycles. The lowest BCUT2D eigenvalue weighted by molar-refractivity contribution is -0.121. The number of amides is 2. The van der Waals surface area contributed by atoms with Crippen molar-refractivity contribution in [1.29, 1.82) is 0 Å². The number of hydrogen-bond donors (Lipinski definition) is 1. The highest BCUT2D eigenvalue weighted by Crippen LogP contribution is 2.12. The second kappa shape index (κ2) is 5.16. The normalized spacial score (nSPS) is 16.1. The summed E-state index contributed by atoms with van der Waals surface area (Å²) in [7, 11) is 0. The number of aryl methyl sites for hydroxylation is 1. The Hall–Kier alpha value is -1.91. The summed E-state index contributed by atoms with van der Waals surface area (Å²) in [6, 6.07) is 4.24. The quantitative estimate of drug-likeness (QED) is 0.811. The molecule has 0 aliphatic carbocycles. The zero-order valence-corrected chi connectivity index (χ0v) is 10.2. The molecule has 1 fully saturated rings. The van der Waals surface area contributed by atoms with Crippen LogP contribution in [0.4, 0.5) is 4.39 Å². The van der Waals surface area contributed by atoms with E-state index in [4.69, 9.17) is 0 Å². The first kappa shape index (κ1) is 12.5. The Morgan fingerprint density at radius 3 is 2.94 bits per heavy atom. The second-order valence-corrected chi connectivity index (χ2v) is 4.39. The molecular formula is C13H15FN2O2. The molecule has 0 unspecified atom stereocenters. The molecule has 0 aromatic heterocycles. The van der Waals surface area contributed by atoms with Gasteiger partial charge in [-0.25, -0.2) is 4.39 Å². The molecule has 0 atom stereocenters. The first-order valence-corrected chi connectivity index (χ1v) is 5.90. The predicted molar refractivity (Wildman–Crippen MR) is 64.7 cm³/mol. The SMILES string of the molecule is Cc1cc(C(=O)N2CCCNC(=O)C2)ccc1F. The molecule has 1 heterocycles. The minimum atomic E-state index is -0.333. The summed E-state index contributed by atoms with van der Waals surface area (Å²) < 4.78 is 13.1. The molecule has 18 heavy (non-hydrogen) atoms. The Morgan fingerprint density at radius 2 is 2.22 bits per heavy atom. The van der Waals surface area contributed by atoms with Crippen molar-refractivity contribution in [3.8, 4) is 0 Å². The van der Waals surface area contributed by atoms with Crippen LogP contribution in [0.2, 0.25) is 0 Å². The van der Waals surface area contributed by atoms with Crippen LogP contribution in [0.5, 0.6) is 0 Å². The molecule has 0 saturated carbocycles. The number of carbonyl (C=O) groups excluding carboxylic acids is 2. The molecule has 1 aliphatic rings. The van der Waals surface area contributed by atoms with Crippen molar-refractivity contribution in [2.24, 2.45) is 0 Å². The van der Waals surface area contributed by atoms with Crippen LogP contribution < -0.4 is 5.32 Å². The van der Waals surface area contributed by atoms with Crippen molar-refractivity contribution in [1.82, 2.24) is 10.2 Å². The summed E-state index contributed by atoms with van der Waals surface area (Å²) in [6.07, 6.45) is 0.734. The Bertz CT molecular complexity index is 488.